The van der Waals surface area contributed by atoms with E-state index in [0.717, 1.165) is 28.9 Å². The van der Waals surface area contributed by atoms with Gasteiger partial charge in [0.05, 0.1) is 25.6 Å². The van der Waals surface area contributed by atoms with Gasteiger partial charge in [-0.05, 0) is 99.0 Å². The van der Waals surface area contributed by atoms with E-state index in [-0.39, 0.29) is 24.9 Å². The van der Waals surface area contributed by atoms with Crippen molar-refractivity contribution < 1.29 is 28.7 Å². The van der Waals surface area contributed by atoms with E-state index in [9.17, 15) is 19.2 Å². The number of hydrogen-bond donors (Lipinski definition) is 1. The molecule has 6 rings (SSSR count). The van der Waals surface area contributed by atoms with Gasteiger partial charge in [0.25, 0.3) is 5.91 Å². The number of carbonyl (C=O) groups is 4. The minimum atomic E-state index is -1.07. The number of carbonyl (C=O) groups excluding carboxylic acids is 4. The number of methoxy groups -OCH3 is 1. The lowest BCUT2D eigenvalue weighted by Gasteiger charge is -2.46. The van der Waals surface area contributed by atoms with Crippen LogP contribution in [0.3, 0.4) is 0 Å². The minimum Gasteiger partial charge on any atom is -0.497 e. The predicted molar refractivity (Wildman–Crippen MR) is 196 cm³/mol. The molecule has 4 aromatic rings. The van der Waals surface area contributed by atoms with Crippen LogP contribution in [0.1, 0.15) is 56.3 Å². The zero-order chi connectivity index (χ0) is 37.0. The lowest BCUT2D eigenvalue weighted by atomic mass is 9.81. The second-order valence-electron chi connectivity index (χ2n) is 14.2. The Labute approximate surface area is 303 Å². The van der Waals surface area contributed by atoms with Gasteiger partial charge in [0, 0.05) is 31.3 Å². The average Bonchev–Trinajstić information content (AvgIpc) is 3.99. The highest BCUT2D eigenvalue weighted by molar-refractivity contribution is 6.12. The van der Waals surface area contributed by atoms with Crippen molar-refractivity contribution in [2.24, 2.45) is 11.8 Å². The van der Waals surface area contributed by atoms with Gasteiger partial charge in [-0.25, -0.2) is 14.6 Å². The molecule has 1 aliphatic heterocycles. The fourth-order valence-corrected chi connectivity index (χ4v) is 6.37. The smallest absolute Gasteiger partial charge is 0.416 e. The molecule has 2 fully saturated rings. The van der Waals surface area contributed by atoms with E-state index in [4.69, 9.17) is 9.47 Å². The van der Waals surface area contributed by atoms with Crippen molar-refractivity contribution in [2.45, 2.75) is 64.3 Å². The van der Waals surface area contributed by atoms with E-state index in [2.05, 4.69) is 15.3 Å². The molecule has 5 amide bonds. The molecule has 0 bridgehead atoms. The van der Waals surface area contributed by atoms with Crippen LogP contribution in [-0.4, -0.2) is 64.6 Å². The van der Waals surface area contributed by atoms with Crippen molar-refractivity contribution in [3.8, 4) is 5.75 Å². The minimum absolute atomic E-state index is 0.133. The summed E-state index contributed by atoms with van der Waals surface area (Å²) >= 11 is 0. The highest BCUT2D eigenvalue weighted by Gasteiger charge is 2.55. The number of pyridine rings is 2. The molecule has 1 saturated heterocycles. The van der Waals surface area contributed by atoms with E-state index in [1.54, 1.807) is 77.8 Å². The standard InChI is InChI=1S/C40H44N6O6/c1-40(2,3)52-39(50)45(25-26-11-15-31(51-5)16-12-26)33-24-27(17-22-42-33)23-32-35(37(48)44(4)30-18-20-41-21-19-30)46(36(32)47)38(49)43-34(29-13-14-29)28-9-7-6-8-10-28/h6-12,15-22,24,29,32,34-35H,13-14,23,25H2,1-5H3,(H,43,49)/t32-,34+,35+/m1/s1. The molecule has 1 saturated carbocycles. The molecular weight excluding hydrogens is 660 g/mol. The fraction of sp³-hybridized carbons (Fsp3) is 0.350. The Morgan fingerprint density at radius 3 is 2.27 bits per heavy atom. The molecule has 1 N–H and O–H groups in total. The van der Waals surface area contributed by atoms with Crippen molar-refractivity contribution in [3.63, 3.8) is 0 Å². The number of ether oxygens (including phenoxy) is 2. The number of imide groups is 1. The Morgan fingerprint density at radius 1 is 0.942 bits per heavy atom. The third kappa shape index (κ3) is 8.22. The number of anilines is 2. The van der Waals surface area contributed by atoms with Gasteiger partial charge >= 0.3 is 12.1 Å². The van der Waals surface area contributed by atoms with Crippen molar-refractivity contribution in [2.75, 3.05) is 24.0 Å². The SMILES string of the molecule is COc1ccc(CN(C(=O)OC(C)(C)C)c2cc(C[C@H]3C(=O)N(C(=O)N[C@@H](c4ccccc4)C4CC4)[C@@H]3C(=O)N(C)c3ccncc3)ccn2)cc1. The fourth-order valence-electron chi connectivity index (χ4n) is 6.37. The third-order valence-corrected chi connectivity index (χ3v) is 9.25. The molecule has 12 heteroatoms. The van der Waals surface area contributed by atoms with Gasteiger partial charge in [-0.15, -0.1) is 0 Å². The third-order valence-electron chi connectivity index (χ3n) is 9.25. The molecule has 52 heavy (non-hydrogen) atoms. The van der Waals surface area contributed by atoms with Crippen molar-refractivity contribution in [1.29, 1.82) is 0 Å². The van der Waals surface area contributed by atoms with Crippen molar-refractivity contribution in [3.05, 3.63) is 114 Å². The van der Waals surface area contributed by atoms with Gasteiger partial charge in [-0.3, -0.25) is 24.4 Å². The van der Waals surface area contributed by atoms with Crippen LogP contribution in [0.15, 0.2) is 97.5 Å². The molecule has 2 aromatic heterocycles. The Bertz CT molecular complexity index is 1900. The van der Waals surface area contributed by atoms with E-state index >= 15 is 0 Å². The van der Waals surface area contributed by atoms with Gasteiger partial charge in [-0.2, -0.15) is 0 Å². The summed E-state index contributed by atoms with van der Waals surface area (Å²) in [6, 6.07) is 21.9. The number of urea groups is 1. The Kier molecular flexibility index (Phi) is 10.5. The largest absolute Gasteiger partial charge is 0.497 e. The number of β-lactam (4-membered cyclic amide) rings is 1. The zero-order valence-electron chi connectivity index (χ0n) is 30.1. The number of likely N-dealkylation sites (N-methyl/N-ethyl adjacent to an activating group) is 1. The molecule has 0 unspecified atom stereocenters. The van der Waals surface area contributed by atoms with Crippen LogP contribution in [0.4, 0.5) is 21.1 Å². The topological polar surface area (TPSA) is 134 Å². The van der Waals surface area contributed by atoms with E-state index in [1.807, 2.05) is 54.6 Å². The number of hydrogen-bond acceptors (Lipinski definition) is 8. The van der Waals surface area contributed by atoms with Gasteiger partial charge in [0.1, 0.15) is 23.2 Å². The summed E-state index contributed by atoms with van der Waals surface area (Å²) in [6.07, 6.45) is 6.19. The van der Waals surface area contributed by atoms with Crippen LogP contribution in [-0.2, 0) is 27.3 Å². The first-order chi connectivity index (χ1) is 24.9. The van der Waals surface area contributed by atoms with Crippen LogP contribution < -0.4 is 19.9 Å². The summed E-state index contributed by atoms with van der Waals surface area (Å²) in [5, 5.41) is 3.07. The van der Waals surface area contributed by atoms with Crippen LogP contribution in [0.25, 0.3) is 0 Å². The van der Waals surface area contributed by atoms with Gasteiger partial charge < -0.3 is 19.7 Å². The van der Waals surface area contributed by atoms with Gasteiger partial charge in [0.15, 0.2) is 0 Å². The number of likely N-dealkylation sites (tertiary alicyclic amines) is 1. The molecule has 0 radical (unpaired) electrons. The maximum Gasteiger partial charge on any atom is 0.416 e. The molecule has 0 spiro atoms. The van der Waals surface area contributed by atoms with E-state index in [1.165, 1.54) is 9.80 Å². The summed E-state index contributed by atoms with van der Waals surface area (Å²) in [5.74, 6) is -0.447. The summed E-state index contributed by atoms with van der Waals surface area (Å²) in [7, 11) is 3.20. The first kappa shape index (κ1) is 36.0. The Balaban J connectivity index is 1.27. The molecule has 12 nitrogen and oxygen atoms in total. The first-order valence-electron chi connectivity index (χ1n) is 17.4. The van der Waals surface area contributed by atoms with Crippen molar-refractivity contribution >= 4 is 35.4 Å². The summed E-state index contributed by atoms with van der Waals surface area (Å²) in [5.41, 5.74) is 2.25. The van der Waals surface area contributed by atoms with Crippen LogP contribution in [0.2, 0.25) is 0 Å². The molecule has 2 aliphatic rings. The first-order valence-corrected chi connectivity index (χ1v) is 17.4. The lowest BCUT2D eigenvalue weighted by Crippen LogP contribution is -2.70. The van der Waals surface area contributed by atoms with Gasteiger partial charge in [-0.1, -0.05) is 42.5 Å². The summed E-state index contributed by atoms with van der Waals surface area (Å²) in [4.78, 5) is 68.0. The van der Waals surface area contributed by atoms with E-state index in [0.29, 0.717) is 22.8 Å². The Hall–Kier alpha value is -5.78. The molecule has 270 valence electrons. The Morgan fingerprint density at radius 2 is 1.63 bits per heavy atom. The van der Waals surface area contributed by atoms with Crippen molar-refractivity contribution in [1.82, 2.24) is 20.2 Å². The second kappa shape index (κ2) is 15.2. The van der Waals surface area contributed by atoms with Crippen LogP contribution >= 0.6 is 0 Å². The maximum atomic E-state index is 14.2. The van der Waals surface area contributed by atoms with E-state index < -0.39 is 41.5 Å². The molecule has 3 atom stereocenters. The predicted octanol–water partition coefficient (Wildman–Crippen LogP) is 6.32. The quantitative estimate of drug-likeness (QED) is 0.179. The number of aromatic nitrogens is 2. The molecule has 1 aliphatic carbocycles. The monoisotopic (exact) mass is 704 g/mol. The highest BCUT2D eigenvalue weighted by atomic mass is 16.6. The number of nitrogens with one attached hydrogen (secondary N) is 1. The lowest BCUT2D eigenvalue weighted by molar-refractivity contribution is -0.156. The van der Waals surface area contributed by atoms with Crippen LogP contribution in [0.5, 0.6) is 5.75 Å². The number of amides is 5. The zero-order valence-corrected chi connectivity index (χ0v) is 30.1. The number of nitrogens with zero attached hydrogens (tertiary/aromatic N) is 5. The molecular formula is C40H44N6O6. The maximum absolute atomic E-state index is 14.2. The highest BCUT2D eigenvalue weighted by Crippen LogP contribution is 2.42. The van der Waals surface area contributed by atoms with Crippen LogP contribution in [0, 0.1) is 11.8 Å². The summed E-state index contributed by atoms with van der Waals surface area (Å²) in [6.45, 7) is 5.53. The average molecular weight is 705 g/mol. The summed E-state index contributed by atoms with van der Waals surface area (Å²) < 4.78 is 11.0. The number of rotatable bonds is 11. The molecule has 2 aromatic carbocycles. The van der Waals surface area contributed by atoms with Gasteiger partial charge in [0.2, 0.25) is 5.91 Å². The normalized spacial score (nSPS) is 17.4. The number of benzene rings is 2. The molecule has 3 heterocycles. The second-order valence-corrected chi connectivity index (χ2v) is 14.2.